The summed E-state index contributed by atoms with van der Waals surface area (Å²) in [5, 5.41) is 2.80. The molecular formula is C31H33F3N4O3. The number of alkyl halides is 3. The summed E-state index contributed by atoms with van der Waals surface area (Å²) in [4.78, 5) is 42.7. The van der Waals surface area contributed by atoms with Crippen LogP contribution in [0, 0.1) is 6.92 Å². The summed E-state index contributed by atoms with van der Waals surface area (Å²) < 4.78 is 41.7. The zero-order valence-corrected chi connectivity index (χ0v) is 23.3. The first-order chi connectivity index (χ1) is 19.2. The van der Waals surface area contributed by atoms with Gasteiger partial charge in [0, 0.05) is 22.8 Å². The van der Waals surface area contributed by atoms with E-state index in [0.29, 0.717) is 11.3 Å². The van der Waals surface area contributed by atoms with Gasteiger partial charge in [-0.2, -0.15) is 13.2 Å². The molecule has 0 bridgehead atoms. The number of hydrogen-bond donors (Lipinski definition) is 2. The topological polar surface area (TPSA) is 95.7 Å². The fraction of sp³-hybridized carbons (Fsp3) is 0.323. The van der Waals surface area contributed by atoms with Crippen LogP contribution in [0.4, 0.5) is 29.3 Å². The number of nitrogens with two attached hydrogens (primary N) is 1. The number of urea groups is 1. The zero-order valence-electron chi connectivity index (χ0n) is 23.3. The van der Waals surface area contributed by atoms with Crippen molar-refractivity contribution in [2.24, 2.45) is 5.73 Å². The van der Waals surface area contributed by atoms with E-state index < -0.39 is 53.6 Å². The number of carbonyl (C=O) groups excluding carboxylic acids is 3. The van der Waals surface area contributed by atoms with Gasteiger partial charge in [-0.3, -0.25) is 14.5 Å². The largest absolute Gasteiger partial charge is 0.416 e. The number of hydrogen-bond acceptors (Lipinski definition) is 3. The lowest BCUT2D eigenvalue weighted by Gasteiger charge is -2.33. The van der Waals surface area contributed by atoms with E-state index in [1.807, 2.05) is 13.0 Å². The lowest BCUT2D eigenvalue weighted by molar-refractivity contribution is -0.137. The van der Waals surface area contributed by atoms with E-state index in [2.05, 4.69) is 5.32 Å². The lowest BCUT2D eigenvalue weighted by atomic mass is 9.85. The highest BCUT2D eigenvalue weighted by Crippen LogP contribution is 2.43. The average Bonchev–Trinajstić information content (AvgIpc) is 2.98. The average molecular weight is 567 g/mol. The van der Waals surface area contributed by atoms with Gasteiger partial charge in [-0.25, -0.2) is 4.79 Å². The highest BCUT2D eigenvalue weighted by molar-refractivity contribution is 6.08. The number of nitrogens with zero attached hydrogens (tertiary/aromatic N) is 2. The summed E-state index contributed by atoms with van der Waals surface area (Å²) in [5.74, 6) is -1.87. The summed E-state index contributed by atoms with van der Waals surface area (Å²) in [6.45, 7) is 6.69. The van der Waals surface area contributed by atoms with Crippen LogP contribution in [0.25, 0.3) is 0 Å². The molecular weight excluding hydrogens is 533 g/mol. The molecule has 1 aliphatic heterocycles. The summed E-state index contributed by atoms with van der Waals surface area (Å²) in [6, 6.07) is 16.7. The van der Waals surface area contributed by atoms with E-state index in [-0.39, 0.29) is 17.7 Å². The van der Waals surface area contributed by atoms with Gasteiger partial charge < -0.3 is 16.0 Å². The highest BCUT2D eigenvalue weighted by Gasteiger charge is 2.43. The number of halogens is 3. The number of aryl methyl sites for hydroxylation is 1. The van der Waals surface area contributed by atoms with Crippen molar-refractivity contribution in [2.45, 2.75) is 57.8 Å². The summed E-state index contributed by atoms with van der Waals surface area (Å²) in [7, 11) is 0. The predicted molar refractivity (Wildman–Crippen MR) is 152 cm³/mol. The van der Waals surface area contributed by atoms with E-state index in [1.54, 1.807) is 69.3 Å². The maximum Gasteiger partial charge on any atom is 0.416 e. The van der Waals surface area contributed by atoms with Crippen molar-refractivity contribution in [1.82, 2.24) is 5.32 Å². The highest BCUT2D eigenvalue weighted by atomic mass is 19.4. The Morgan fingerprint density at radius 1 is 1.00 bits per heavy atom. The molecule has 2 atom stereocenters. The SMILES string of the molecule is Cc1cccc(N(C(N)=O)C2CC(c3ccccc3)c3cc(C(F)(F)F)ccc3N(CC(=O)NC(C)(C)C)C2=O)c1. The van der Waals surface area contributed by atoms with Gasteiger partial charge in [0.15, 0.2) is 0 Å². The molecule has 0 saturated heterocycles. The third-order valence-corrected chi connectivity index (χ3v) is 6.88. The number of rotatable bonds is 5. The number of anilines is 2. The Kier molecular flexibility index (Phi) is 8.15. The number of fused-ring (bicyclic) bond motifs is 1. The van der Waals surface area contributed by atoms with Crippen molar-refractivity contribution in [3.8, 4) is 0 Å². The molecule has 0 saturated carbocycles. The minimum absolute atomic E-state index is 0.0641. The maximum absolute atomic E-state index is 14.3. The molecule has 41 heavy (non-hydrogen) atoms. The molecule has 4 amide bonds. The first kappa shape index (κ1) is 29.6. The standard InChI is InChI=1S/C31H33F3N4O3/c1-19-9-8-12-22(15-19)38(29(35)41)26-17-23(20-10-6-5-7-11-20)24-16-21(31(32,33)34)13-14-25(24)37(28(26)40)18-27(39)36-30(2,3)4/h5-16,23,26H,17-18H2,1-4H3,(H2,35,41)(H,36,39). The maximum atomic E-state index is 14.3. The van der Waals surface area contributed by atoms with Crippen LogP contribution in [-0.2, 0) is 15.8 Å². The second kappa shape index (κ2) is 11.3. The molecule has 0 aromatic heterocycles. The van der Waals surface area contributed by atoms with E-state index in [1.165, 1.54) is 6.07 Å². The minimum Gasteiger partial charge on any atom is -0.351 e. The predicted octanol–water partition coefficient (Wildman–Crippen LogP) is 5.75. The molecule has 3 aromatic rings. The van der Waals surface area contributed by atoms with Crippen LogP contribution in [0.15, 0.2) is 72.8 Å². The number of amides is 4. The van der Waals surface area contributed by atoms with Gasteiger partial charge in [0.05, 0.1) is 5.56 Å². The molecule has 4 rings (SSSR count). The van der Waals surface area contributed by atoms with E-state index in [4.69, 9.17) is 5.73 Å². The molecule has 216 valence electrons. The molecule has 2 unspecified atom stereocenters. The Morgan fingerprint density at radius 2 is 1.68 bits per heavy atom. The van der Waals surface area contributed by atoms with Crippen LogP contribution in [0.1, 0.15) is 55.4 Å². The summed E-state index contributed by atoms with van der Waals surface area (Å²) >= 11 is 0. The van der Waals surface area contributed by atoms with Crippen molar-refractivity contribution < 1.29 is 27.6 Å². The molecule has 1 heterocycles. The molecule has 3 N–H and O–H groups in total. The van der Waals surface area contributed by atoms with Gasteiger partial charge in [0.2, 0.25) is 5.91 Å². The van der Waals surface area contributed by atoms with Crippen molar-refractivity contribution in [1.29, 1.82) is 0 Å². The summed E-state index contributed by atoms with van der Waals surface area (Å²) in [5.41, 5.74) is 6.56. The van der Waals surface area contributed by atoms with Gasteiger partial charge >= 0.3 is 12.2 Å². The number of carbonyl (C=O) groups is 3. The Bertz CT molecular complexity index is 1450. The smallest absolute Gasteiger partial charge is 0.351 e. The Hall–Kier alpha value is -4.34. The van der Waals surface area contributed by atoms with Crippen LogP contribution in [0.3, 0.4) is 0 Å². The molecule has 0 radical (unpaired) electrons. The van der Waals surface area contributed by atoms with Gasteiger partial charge in [0.25, 0.3) is 5.91 Å². The Balaban J connectivity index is 1.96. The fourth-order valence-electron chi connectivity index (χ4n) is 5.23. The Morgan fingerprint density at radius 3 is 2.27 bits per heavy atom. The summed E-state index contributed by atoms with van der Waals surface area (Å²) in [6.07, 6.45) is -4.70. The van der Waals surface area contributed by atoms with Crippen molar-refractivity contribution in [3.63, 3.8) is 0 Å². The zero-order chi connectivity index (χ0) is 30.1. The van der Waals surface area contributed by atoms with Gasteiger partial charge in [-0.15, -0.1) is 0 Å². The molecule has 0 aliphatic carbocycles. The van der Waals surface area contributed by atoms with Gasteiger partial charge in [-0.05, 0) is 81.1 Å². The van der Waals surface area contributed by atoms with Crippen LogP contribution < -0.4 is 20.9 Å². The lowest BCUT2D eigenvalue weighted by Crippen LogP contribution is -2.55. The molecule has 0 fully saturated rings. The number of nitrogens with one attached hydrogen (secondary N) is 1. The molecule has 10 heteroatoms. The number of primary amides is 1. The molecule has 0 spiro atoms. The van der Waals surface area contributed by atoms with Crippen LogP contribution >= 0.6 is 0 Å². The third kappa shape index (κ3) is 6.70. The fourth-order valence-corrected chi connectivity index (χ4v) is 5.23. The van der Waals surface area contributed by atoms with Crippen LogP contribution in [0.5, 0.6) is 0 Å². The molecule has 3 aromatic carbocycles. The quantitative estimate of drug-likeness (QED) is 0.412. The van der Waals surface area contributed by atoms with Gasteiger partial charge in [-0.1, -0.05) is 42.5 Å². The molecule has 1 aliphatic rings. The van der Waals surface area contributed by atoms with Crippen molar-refractivity contribution in [3.05, 3.63) is 95.1 Å². The van der Waals surface area contributed by atoms with Crippen molar-refractivity contribution in [2.75, 3.05) is 16.3 Å². The normalized spacial score (nSPS) is 17.4. The Labute approximate surface area is 237 Å². The second-order valence-electron chi connectivity index (χ2n) is 11.3. The van der Waals surface area contributed by atoms with Crippen LogP contribution in [0.2, 0.25) is 0 Å². The second-order valence-corrected chi connectivity index (χ2v) is 11.3. The monoisotopic (exact) mass is 566 g/mol. The minimum atomic E-state index is -4.64. The van der Waals surface area contributed by atoms with Crippen LogP contribution in [-0.4, -0.2) is 36.0 Å². The van der Waals surface area contributed by atoms with Crippen molar-refractivity contribution >= 4 is 29.2 Å². The first-order valence-corrected chi connectivity index (χ1v) is 13.2. The molecule has 7 nitrogen and oxygen atoms in total. The van der Waals surface area contributed by atoms with E-state index >= 15 is 0 Å². The van der Waals surface area contributed by atoms with E-state index in [9.17, 15) is 27.6 Å². The third-order valence-electron chi connectivity index (χ3n) is 6.88. The first-order valence-electron chi connectivity index (χ1n) is 13.2. The van der Waals surface area contributed by atoms with E-state index in [0.717, 1.165) is 27.5 Å². The number of benzene rings is 3. The van der Waals surface area contributed by atoms with Gasteiger partial charge in [0.1, 0.15) is 12.6 Å².